The van der Waals surface area contributed by atoms with Gasteiger partial charge in [-0.05, 0) is 19.1 Å². The van der Waals surface area contributed by atoms with E-state index in [0.29, 0.717) is 6.20 Å². The average Bonchev–Trinajstić information content (AvgIpc) is 3.10. The van der Waals surface area contributed by atoms with E-state index in [9.17, 15) is 35.9 Å². The van der Waals surface area contributed by atoms with Crippen LogP contribution >= 0.6 is 11.6 Å². The molecule has 3 rings (SSSR count). The summed E-state index contributed by atoms with van der Waals surface area (Å²) in [5, 5.41) is 15.4. The number of halogens is 7. The molecule has 0 saturated carbocycles. The second kappa shape index (κ2) is 9.00. The average molecular weight is 515 g/mol. The summed E-state index contributed by atoms with van der Waals surface area (Å²) in [6, 6.07) is 0.669. The van der Waals surface area contributed by atoms with Crippen LogP contribution in [0.4, 0.5) is 37.0 Å². The summed E-state index contributed by atoms with van der Waals surface area (Å²) in [7, 11) is 0. The Morgan fingerprint density at radius 2 is 2.00 bits per heavy atom. The van der Waals surface area contributed by atoms with E-state index in [2.05, 4.69) is 25.1 Å². The van der Waals surface area contributed by atoms with Gasteiger partial charge in [0.2, 0.25) is 0 Å². The summed E-state index contributed by atoms with van der Waals surface area (Å²) >= 11 is 5.72. The van der Waals surface area contributed by atoms with Crippen LogP contribution < -0.4 is 10.6 Å². The highest BCUT2D eigenvalue weighted by Crippen LogP contribution is 2.40. The van der Waals surface area contributed by atoms with E-state index < -0.39 is 76.9 Å². The molecule has 10 nitrogen and oxygen atoms in total. The molecule has 2 aromatic heterocycles. The second-order valence-corrected chi connectivity index (χ2v) is 7.44. The number of alkyl halides is 5. The van der Waals surface area contributed by atoms with Crippen molar-refractivity contribution in [1.29, 1.82) is 0 Å². The lowest BCUT2D eigenvalue weighted by Gasteiger charge is -2.35. The molecule has 0 bridgehead atoms. The molecule has 0 saturated heterocycles. The minimum absolute atomic E-state index is 0.118. The number of ether oxygens (including phenoxy) is 1. The van der Waals surface area contributed by atoms with E-state index in [1.165, 1.54) is 0 Å². The highest BCUT2D eigenvalue weighted by molar-refractivity contribution is 6.34. The van der Waals surface area contributed by atoms with Crippen molar-refractivity contribution in [2.45, 2.75) is 37.7 Å². The van der Waals surface area contributed by atoms with Crippen molar-refractivity contribution >= 4 is 35.4 Å². The number of carbonyl (C=O) groups is 2. The molecule has 2 atom stereocenters. The minimum atomic E-state index is -4.97. The molecule has 184 valence electrons. The maximum Gasteiger partial charge on any atom is 0.425 e. The van der Waals surface area contributed by atoms with Crippen molar-refractivity contribution in [3.05, 3.63) is 40.6 Å². The predicted molar refractivity (Wildman–Crippen MR) is 102 cm³/mol. The van der Waals surface area contributed by atoms with Gasteiger partial charge in [0.1, 0.15) is 22.9 Å². The minimum Gasteiger partial charge on any atom is -0.465 e. The van der Waals surface area contributed by atoms with Crippen LogP contribution in [0.5, 0.6) is 0 Å². The topological polar surface area (TPSA) is 131 Å². The third-order valence-electron chi connectivity index (χ3n) is 4.46. The van der Waals surface area contributed by atoms with Crippen LogP contribution in [-0.4, -0.2) is 50.2 Å². The van der Waals surface area contributed by atoms with Crippen LogP contribution in [0.1, 0.15) is 36.1 Å². The highest BCUT2D eigenvalue weighted by atomic mass is 35.5. The first-order chi connectivity index (χ1) is 15.7. The van der Waals surface area contributed by atoms with Crippen molar-refractivity contribution < 1.29 is 45.8 Å². The monoisotopic (exact) mass is 514 g/mol. The van der Waals surface area contributed by atoms with Crippen molar-refractivity contribution in [2.75, 3.05) is 5.32 Å². The molecule has 1 aliphatic rings. The molecule has 17 heteroatoms. The number of pyridine rings is 1. The first-order valence-corrected chi connectivity index (χ1v) is 9.42. The van der Waals surface area contributed by atoms with E-state index in [-0.39, 0.29) is 4.68 Å². The Kier molecular flexibility index (Phi) is 6.64. The first kappa shape index (κ1) is 25.1. The molecule has 0 spiro atoms. The molecule has 2 amide bonds. The van der Waals surface area contributed by atoms with Gasteiger partial charge in [0.05, 0.1) is 11.2 Å². The zero-order valence-electron chi connectivity index (χ0n) is 16.7. The zero-order chi connectivity index (χ0) is 25.4. The van der Waals surface area contributed by atoms with Gasteiger partial charge in [0, 0.05) is 6.42 Å². The van der Waals surface area contributed by atoms with Crippen LogP contribution in [0.15, 0.2) is 23.3 Å². The van der Waals surface area contributed by atoms with Gasteiger partial charge in [-0.15, -0.1) is 0 Å². The van der Waals surface area contributed by atoms with Crippen molar-refractivity contribution in [1.82, 2.24) is 20.1 Å². The van der Waals surface area contributed by atoms with E-state index in [4.69, 9.17) is 16.7 Å². The molecule has 34 heavy (non-hydrogen) atoms. The summed E-state index contributed by atoms with van der Waals surface area (Å²) < 4.78 is 84.8. The summed E-state index contributed by atoms with van der Waals surface area (Å²) in [6.07, 6.45) is -9.60. The number of anilines is 1. The number of hydrogen-bond acceptors (Lipinski definition) is 6. The third-order valence-corrected chi connectivity index (χ3v) is 4.74. The van der Waals surface area contributed by atoms with Crippen molar-refractivity contribution in [2.24, 2.45) is 4.99 Å². The fourth-order valence-corrected chi connectivity index (χ4v) is 3.23. The highest BCUT2D eigenvalue weighted by Gasteiger charge is 2.51. The number of nitrogens with one attached hydrogen (secondary N) is 2. The predicted octanol–water partition coefficient (Wildman–Crippen LogP) is 3.91. The number of aliphatic imine (C=N–C) groups is 1. The number of hydrogen-bond donors (Lipinski definition) is 3. The summed E-state index contributed by atoms with van der Waals surface area (Å²) in [5.74, 6) is -2.64. The fraction of sp³-hybridized carbons (Fsp3) is 0.353. The summed E-state index contributed by atoms with van der Waals surface area (Å²) in [6.45, 7) is -2.04. The first-order valence-electron chi connectivity index (χ1n) is 9.04. The molecule has 1 aliphatic heterocycles. The Bertz CT molecular complexity index is 1160. The lowest BCUT2D eigenvalue weighted by Crippen LogP contribution is -2.48. The van der Waals surface area contributed by atoms with Crippen LogP contribution in [0.3, 0.4) is 0 Å². The molecule has 0 aliphatic carbocycles. The quantitative estimate of drug-likeness (QED) is 0.530. The normalized spacial score (nSPS) is 20.5. The molecule has 3 heterocycles. The Morgan fingerprint density at radius 3 is 2.56 bits per heavy atom. The lowest BCUT2D eigenvalue weighted by molar-refractivity contribution is -0.208. The lowest BCUT2D eigenvalue weighted by atomic mass is 9.89. The van der Waals surface area contributed by atoms with Crippen LogP contribution in [0.2, 0.25) is 5.02 Å². The third kappa shape index (κ3) is 5.32. The van der Waals surface area contributed by atoms with Crippen molar-refractivity contribution in [3.8, 4) is 0 Å². The Labute approximate surface area is 190 Å². The molecule has 0 unspecified atom stereocenters. The van der Waals surface area contributed by atoms with Gasteiger partial charge in [0.15, 0.2) is 11.8 Å². The maximum atomic E-state index is 14.6. The number of carbonyl (C=O) groups excluding carboxylic acids is 1. The van der Waals surface area contributed by atoms with Gasteiger partial charge >= 0.3 is 18.8 Å². The maximum absolute atomic E-state index is 14.6. The molecule has 3 N–H and O–H groups in total. The Balaban J connectivity index is 1.96. The number of rotatable bonds is 4. The molecular weight excluding hydrogens is 502 g/mol. The SMILES string of the molecule is C[C@@]1(c2nc(NC(=O)c3nn(C(F)F)cc3Cl)ccc2F)C[C@@H](C(F)(F)F)OC(NC(=O)O)=N1. The zero-order valence-corrected chi connectivity index (χ0v) is 17.5. The standard InChI is InChI=1S/C17H13ClF6N6O4/c1-16(4-8(17(22,23)24)34-14(28-16)27-15(32)33)11-7(19)2-3-9(25-11)26-12(31)10-6(18)5-30(29-10)13(20)21/h2-3,5,8,13H,4H2,1H3,(H,27,28)(H,32,33)(H,25,26,31)/t8-,16-/m0/s1. The van der Waals surface area contributed by atoms with Crippen molar-refractivity contribution in [3.63, 3.8) is 0 Å². The van der Waals surface area contributed by atoms with Gasteiger partial charge in [-0.25, -0.2) is 29.2 Å². The number of aromatic nitrogens is 3. The Morgan fingerprint density at radius 1 is 1.32 bits per heavy atom. The van der Waals surface area contributed by atoms with E-state index in [1.54, 1.807) is 5.32 Å². The Hall–Kier alpha value is -3.56. The smallest absolute Gasteiger partial charge is 0.425 e. The van der Waals surface area contributed by atoms with E-state index in [1.807, 2.05) is 0 Å². The second-order valence-electron chi connectivity index (χ2n) is 7.04. The summed E-state index contributed by atoms with van der Waals surface area (Å²) in [4.78, 5) is 30.8. The van der Waals surface area contributed by atoms with Crippen LogP contribution in [0.25, 0.3) is 0 Å². The van der Waals surface area contributed by atoms with Gasteiger partial charge < -0.3 is 15.2 Å². The molecular formula is C17H13ClF6N6O4. The number of amidine groups is 1. The number of amides is 2. The fourth-order valence-electron chi connectivity index (χ4n) is 3.00. The van der Waals surface area contributed by atoms with Gasteiger partial charge in [-0.3, -0.25) is 4.79 Å². The van der Waals surface area contributed by atoms with Gasteiger partial charge in [-0.2, -0.15) is 27.1 Å². The van der Waals surface area contributed by atoms with Crippen LogP contribution in [0, 0.1) is 5.82 Å². The molecule has 0 radical (unpaired) electrons. The van der Waals surface area contributed by atoms with Gasteiger partial charge in [0.25, 0.3) is 11.9 Å². The molecule has 0 aromatic carbocycles. The summed E-state index contributed by atoms with van der Waals surface area (Å²) in [5.41, 5.74) is -3.39. The molecule has 2 aromatic rings. The number of nitrogens with zero attached hydrogens (tertiary/aromatic N) is 4. The molecule has 0 fully saturated rings. The van der Waals surface area contributed by atoms with Gasteiger partial charge in [-0.1, -0.05) is 11.6 Å². The number of carboxylic acid groups (broad SMARTS) is 1. The van der Waals surface area contributed by atoms with Crippen LogP contribution in [-0.2, 0) is 10.3 Å². The van der Waals surface area contributed by atoms with E-state index >= 15 is 0 Å². The van der Waals surface area contributed by atoms with E-state index in [0.717, 1.165) is 19.1 Å². The largest absolute Gasteiger partial charge is 0.465 e.